The van der Waals surface area contributed by atoms with Crippen molar-refractivity contribution in [1.82, 2.24) is 5.43 Å². The quantitative estimate of drug-likeness (QED) is 0.691. The van der Waals surface area contributed by atoms with Crippen molar-refractivity contribution in [1.29, 1.82) is 0 Å². The van der Waals surface area contributed by atoms with Crippen molar-refractivity contribution in [3.63, 3.8) is 0 Å². The number of rotatable bonds is 6. The second-order valence-corrected chi connectivity index (χ2v) is 4.73. The predicted octanol–water partition coefficient (Wildman–Crippen LogP) is 3.47. The van der Waals surface area contributed by atoms with Crippen LogP contribution in [0.2, 0.25) is 0 Å². The zero-order valence-corrected chi connectivity index (χ0v) is 9.90. The fourth-order valence-electron chi connectivity index (χ4n) is 1.98. The van der Waals surface area contributed by atoms with E-state index in [-0.39, 0.29) is 5.54 Å². The minimum Gasteiger partial charge on any atom is -0.304 e. The highest BCUT2D eigenvalue weighted by Gasteiger charge is 2.29. The van der Waals surface area contributed by atoms with Crippen LogP contribution in [-0.2, 0) is 0 Å². The molecule has 0 aliphatic carbocycles. The molecule has 1 aliphatic rings. The largest absolute Gasteiger partial charge is 0.304 e. The van der Waals surface area contributed by atoms with E-state index in [1.54, 1.807) is 0 Å². The second kappa shape index (κ2) is 5.38. The van der Waals surface area contributed by atoms with E-state index in [0.29, 0.717) is 0 Å². The third kappa shape index (κ3) is 3.32. The maximum absolute atomic E-state index is 4.45. The van der Waals surface area contributed by atoms with Crippen LogP contribution in [-0.4, -0.2) is 11.3 Å². The number of hydrazone groups is 1. The molecule has 0 fully saturated rings. The van der Waals surface area contributed by atoms with Crippen LogP contribution in [0.1, 0.15) is 65.7 Å². The van der Waals surface area contributed by atoms with Crippen LogP contribution in [0, 0.1) is 0 Å². The van der Waals surface area contributed by atoms with Crippen molar-refractivity contribution in [3.8, 4) is 0 Å². The Kier molecular flexibility index (Phi) is 4.43. The lowest BCUT2D eigenvalue weighted by Gasteiger charge is -2.23. The topological polar surface area (TPSA) is 24.4 Å². The second-order valence-electron chi connectivity index (χ2n) is 4.73. The molecule has 0 radical (unpaired) electrons. The molecule has 2 heteroatoms. The zero-order chi connectivity index (χ0) is 10.4. The molecular weight excluding hydrogens is 172 g/mol. The third-order valence-corrected chi connectivity index (χ3v) is 2.98. The number of nitrogens with zero attached hydrogens (tertiary/aromatic N) is 1. The molecule has 0 bridgehead atoms. The van der Waals surface area contributed by atoms with Crippen LogP contribution < -0.4 is 5.43 Å². The molecule has 0 spiro atoms. The van der Waals surface area contributed by atoms with Crippen LogP contribution >= 0.6 is 0 Å². The maximum atomic E-state index is 4.45. The van der Waals surface area contributed by atoms with Gasteiger partial charge in [-0.3, -0.25) is 0 Å². The van der Waals surface area contributed by atoms with Gasteiger partial charge in [0, 0.05) is 12.1 Å². The first-order valence-corrected chi connectivity index (χ1v) is 6.03. The zero-order valence-electron chi connectivity index (χ0n) is 9.90. The van der Waals surface area contributed by atoms with Gasteiger partial charge in [0.25, 0.3) is 0 Å². The molecule has 1 heterocycles. The van der Waals surface area contributed by atoms with Crippen LogP contribution in [0.5, 0.6) is 0 Å². The van der Waals surface area contributed by atoms with Crippen molar-refractivity contribution >= 4 is 5.71 Å². The summed E-state index contributed by atoms with van der Waals surface area (Å²) in [5.41, 5.74) is 4.96. The average Bonchev–Trinajstić information content (AvgIpc) is 2.55. The van der Waals surface area contributed by atoms with Crippen molar-refractivity contribution in [2.24, 2.45) is 5.10 Å². The molecule has 0 saturated carbocycles. The standard InChI is InChI=1S/C12H24N2/c1-4-6-8-11-10-12(3,14-13-11)9-7-5-2/h14H,4-10H2,1-3H3. The first-order valence-electron chi connectivity index (χ1n) is 6.03. The highest BCUT2D eigenvalue weighted by Crippen LogP contribution is 2.24. The summed E-state index contributed by atoms with van der Waals surface area (Å²) in [5.74, 6) is 0. The Morgan fingerprint density at radius 2 is 2.00 bits per heavy atom. The van der Waals surface area contributed by atoms with Gasteiger partial charge in [0.2, 0.25) is 0 Å². The lowest BCUT2D eigenvalue weighted by atomic mass is 9.90. The Hall–Kier alpha value is -0.530. The van der Waals surface area contributed by atoms with Crippen molar-refractivity contribution in [2.75, 3.05) is 0 Å². The van der Waals surface area contributed by atoms with Gasteiger partial charge in [0.1, 0.15) is 0 Å². The summed E-state index contributed by atoms with van der Waals surface area (Å²) in [6.45, 7) is 6.78. The molecule has 0 amide bonds. The van der Waals surface area contributed by atoms with Crippen molar-refractivity contribution in [3.05, 3.63) is 0 Å². The first-order chi connectivity index (χ1) is 6.70. The minimum absolute atomic E-state index is 0.263. The van der Waals surface area contributed by atoms with Gasteiger partial charge in [-0.1, -0.05) is 33.1 Å². The van der Waals surface area contributed by atoms with Gasteiger partial charge < -0.3 is 5.43 Å². The molecule has 1 N–H and O–H groups in total. The summed E-state index contributed by atoms with van der Waals surface area (Å²) < 4.78 is 0. The molecule has 82 valence electrons. The third-order valence-electron chi connectivity index (χ3n) is 2.98. The number of nitrogens with one attached hydrogen (secondary N) is 1. The molecule has 0 saturated heterocycles. The molecule has 14 heavy (non-hydrogen) atoms. The number of hydrogen-bond acceptors (Lipinski definition) is 2. The average molecular weight is 196 g/mol. The van der Waals surface area contributed by atoms with Gasteiger partial charge in [-0.05, 0) is 26.2 Å². The van der Waals surface area contributed by atoms with E-state index in [1.807, 2.05) is 0 Å². The molecule has 1 aliphatic heterocycles. The minimum atomic E-state index is 0.263. The number of hydrogen-bond donors (Lipinski definition) is 1. The van der Waals surface area contributed by atoms with Crippen molar-refractivity contribution in [2.45, 2.75) is 71.3 Å². The summed E-state index contributed by atoms with van der Waals surface area (Å²) in [6.07, 6.45) is 8.73. The summed E-state index contributed by atoms with van der Waals surface area (Å²) in [4.78, 5) is 0. The molecule has 1 rings (SSSR count). The molecule has 2 nitrogen and oxygen atoms in total. The van der Waals surface area contributed by atoms with Crippen LogP contribution in [0.25, 0.3) is 0 Å². The molecule has 0 aromatic heterocycles. The van der Waals surface area contributed by atoms with Gasteiger partial charge >= 0.3 is 0 Å². The summed E-state index contributed by atoms with van der Waals surface area (Å²) >= 11 is 0. The highest BCUT2D eigenvalue weighted by atomic mass is 15.4. The summed E-state index contributed by atoms with van der Waals surface area (Å²) in [5, 5.41) is 4.45. The fourth-order valence-corrected chi connectivity index (χ4v) is 1.98. The van der Waals surface area contributed by atoms with Gasteiger partial charge in [-0.2, -0.15) is 5.10 Å². The molecular formula is C12H24N2. The Labute approximate surface area is 88.2 Å². The van der Waals surface area contributed by atoms with E-state index >= 15 is 0 Å². The summed E-state index contributed by atoms with van der Waals surface area (Å²) in [6, 6.07) is 0. The summed E-state index contributed by atoms with van der Waals surface area (Å²) in [7, 11) is 0. The molecule has 0 aromatic rings. The Bertz CT molecular complexity index is 198. The van der Waals surface area contributed by atoms with Gasteiger partial charge in [-0.15, -0.1) is 0 Å². The fraction of sp³-hybridized carbons (Fsp3) is 0.917. The first kappa shape index (κ1) is 11.5. The Balaban J connectivity index is 2.28. The van der Waals surface area contributed by atoms with E-state index in [2.05, 4.69) is 31.3 Å². The normalized spacial score (nSPS) is 26.1. The van der Waals surface area contributed by atoms with Crippen LogP contribution in [0.15, 0.2) is 5.10 Å². The smallest absolute Gasteiger partial charge is 0.0573 e. The SMILES string of the molecule is CCCCC1=NNC(C)(CCCC)C1. The molecule has 1 atom stereocenters. The molecule has 1 unspecified atom stereocenters. The van der Waals surface area contributed by atoms with E-state index in [1.165, 1.54) is 44.2 Å². The number of unbranched alkanes of at least 4 members (excludes halogenated alkanes) is 2. The molecule has 0 aromatic carbocycles. The lowest BCUT2D eigenvalue weighted by Crippen LogP contribution is -2.35. The Morgan fingerprint density at radius 1 is 1.29 bits per heavy atom. The van der Waals surface area contributed by atoms with Gasteiger partial charge in [0.15, 0.2) is 0 Å². The van der Waals surface area contributed by atoms with E-state index in [0.717, 1.165) is 6.42 Å². The highest BCUT2D eigenvalue weighted by molar-refractivity contribution is 5.86. The van der Waals surface area contributed by atoms with Gasteiger partial charge in [0.05, 0.1) is 5.54 Å². The predicted molar refractivity (Wildman–Crippen MR) is 62.6 cm³/mol. The Morgan fingerprint density at radius 3 is 2.64 bits per heavy atom. The van der Waals surface area contributed by atoms with Crippen LogP contribution in [0.3, 0.4) is 0 Å². The van der Waals surface area contributed by atoms with Crippen molar-refractivity contribution < 1.29 is 0 Å². The van der Waals surface area contributed by atoms with Crippen LogP contribution in [0.4, 0.5) is 0 Å². The van der Waals surface area contributed by atoms with E-state index in [4.69, 9.17) is 0 Å². The van der Waals surface area contributed by atoms with E-state index < -0.39 is 0 Å². The maximum Gasteiger partial charge on any atom is 0.0573 e. The lowest BCUT2D eigenvalue weighted by molar-refractivity contribution is 0.363. The monoisotopic (exact) mass is 196 g/mol. The van der Waals surface area contributed by atoms with E-state index in [9.17, 15) is 0 Å². The van der Waals surface area contributed by atoms with Gasteiger partial charge in [-0.25, -0.2) is 0 Å².